The number of carbonyl (C=O) groups excluding carboxylic acids is 2. The summed E-state index contributed by atoms with van der Waals surface area (Å²) in [6, 6.07) is 7.54. The van der Waals surface area contributed by atoms with Crippen molar-refractivity contribution in [2.75, 3.05) is 18.9 Å². The molecule has 0 saturated carbocycles. The molecule has 0 aliphatic carbocycles. The predicted molar refractivity (Wildman–Crippen MR) is 109 cm³/mol. The van der Waals surface area contributed by atoms with Crippen molar-refractivity contribution in [1.29, 1.82) is 0 Å². The van der Waals surface area contributed by atoms with Crippen LogP contribution in [0.2, 0.25) is 0 Å². The molecule has 1 fully saturated rings. The minimum Gasteiger partial charge on any atom is -0.345 e. The minimum absolute atomic E-state index is 0.00752. The van der Waals surface area contributed by atoms with Crippen LogP contribution in [0.15, 0.2) is 30.5 Å². The summed E-state index contributed by atoms with van der Waals surface area (Å²) < 4.78 is 2.00. The Morgan fingerprint density at radius 2 is 1.93 bits per heavy atom. The molecule has 1 atom stereocenters. The lowest BCUT2D eigenvalue weighted by Gasteiger charge is -2.11. The average molecular weight is 392 g/mol. The van der Waals surface area contributed by atoms with E-state index in [2.05, 4.69) is 34.3 Å². The fraction of sp³-hybridized carbons (Fsp3) is 0.381. The van der Waals surface area contributed by atoms with Crippen molar-refractivity contribution in [2.24, 2.45) is 5.92 Å². The van der Waals surface area contributed by atoms with E-state index in [0.717, 1.165) is 35.5 Å². The van der Waals surface area contributed by atoms with Gasteiger partial charge in [-0.15, -0.1) is 5.10 Å². The fourth-order valence-electron chi connectivity index (χ4n) is 3.74. The molecule has 150 valence electrons. The zero-order chi connectivity index (χ0) is 20.5. The molecule has 0 radical (unpaired) electrons. The smallest absolute Gasteiger partial charge is 0.254 e. The molecule has 0 spiro atoms. The van der Waals surface area contributed by atoms with Gasteiger partial charge in [0.25, 0.3) is 5.78 Å². The molecule has 1 aromatic carbocycles. The van der Waals surface area contributed by atoms with Gasteiger partial charge in [0.1, 0.15) is 0 Å². The Hall–Kier alpha value is -3.29. The van der Waals surface area contributed by atoms with Crippen molar-refractivity contribution < 1.29 is 9.59 Å². The second-order valence-electron chi connectivity index (χ2n) is 7.34. The van der Waals surface area contributed by atoms with Crippen LogP contribution in [0.25, 0.3) is 17.0 Å². The topological polar surface area (TPSA) is 92.5 Å². The maximum atomic E-state index is 12.4. The summed E-state index contributed by atoms with van der Waals surface area (Å²) in [6.07, 6.45) is 3.93. The largest absolute Gasteiger partial charge is 0.345 e. The van der Waals surface area contributed by atoms with E-state index >= 15 is 0 Å². The van der Waals surface area contributed by atoms with Crippen molar-refractivity contribution in [3.8, 4) is 11.3 Å². The predicted octanol–water partition coefficient (Wildman–Crippen LogP) is 2.33. The molecule has 3 heterocycles. The van der Waals surface area contributed by atoms with Crippen molar-refractivity contribution in [3.63, 3.8) is 0 Å². The van der Waals surface area contributed by atoms with Crippen LogP contribution in [0.5, 0.6) is 0 Å². The van der Waals surface area contributed by atoms with Crippen molar-refractivity contribution in [3.05, 3.63) is 41.9 Å². The van der Waals surface area contributed by atoms with Gasteiger partial charge in [-0.2, -0.15) is 5.10 Å². The monoisotopic (exact) mass is 392 g/mol. The molecule has 3 aromatic rings. The van der Waals surface area contributed by atoms with Crippen LogP contribution in [0.3, 0.4) is 0 Å². The molecule has 0 bridgehead atoms. The Kier molecular flexibility index (Phi) is 5.00. The van der Waals surface area contributed by atoms with Gasteiger partial charge < -0.3 is 10.2 Å². The van der Waals surface area contributed by atoms with Crippen LogP contribution in [0, 0.1) is 5.92 Å². The molecule has 1 aliphatic rings. The molecular formula is C21H24N6O2. The Labute approximate surface area is 169 Å². The lowest BCUT2D eigenvalue weighted by molar-refractivity contribution is -0.127. The number of aryl methyl sites for hydroxylation is 2. The Morgan fingerprint density at radius 1 is 1.17 bits per heavy atom. The van der Waals surface area contributed by atoms with Gasteiger partial charge in [-0.3, -0.25) is 14.0 Å². The van der Waals surface area contributed by atoms with E-state index in [-0.39, 0.29) is 24.2 Å². The van der Waals surface area contributed by atoms with Crippen LogP contribution in [0.1, 0.15) is 31.7 Å². The van der Waals surface area contributed by atoms with Crippen LogP contribution in [-0.4, -0.2) is 49.9 Å². The summed E-state index contributed by atoms with van der Waals surface area (Å²) in [6.45, 7) is 4.63. The van der Waals surface area contributed by atoms with E-state index in [1.54, 1.807) is 11.9 Å². The summed E-state index contributed by atoms with van der Waals surface area (Å²) in [5, 5.41) is 11.4. The molecule has 1 N–H and O–H groups in total. The summed E-state index contributed by atoms with van der Waals surface area (Å²) >= 11 is 0. The van der Waals surface area contributed by atoms with Gasteiger partial charge in [0, 0.05) is 43.2 Å². The average Bonchev–Trinajstić information content (AvgIpc) is 3.31. The van der Waals surface area contributed by atoms with Gasteiger partial charge in [0.05, 0.1) is 17.3 Å². The Balaban J connectivity index is 1.53. The number of nitrogens with one attached hydrogen (secondary N) is 1. The summed E-state index contributed by atoms with van der Waals surface area (Å²) in [5.74, 6) is 0.164. The van der Waals surface area contributed by atoms with E-state index < -0.39 is 0 Å². The van der Waals surface area contributed by atoms with Crippen molar-refractivity contribution in [1.82, 2.24) is 24.5 Å². The van der Waals surface area contributed by atoms with Crippen LogP contribution >= 0.6 is 0 Å². The van der Waals surface area contributed by atoms with Gasteiger partial charge in [-0.1, -0.05) is 26.0 Å². The molecule has 2 amide bonds. The van der Waals surface area contributed by atoms with Crippen molar-refractivity contribution in [2.45, 2.75) is 33.1 Å². The molecule has 4 rings (SSSR count). The summed E-state index contributed by atoms with van der Waals surface area (Å²) in [4.78, 5) is 30.2. The minimum atomic E-state index is -0.301. The summed E-state index contributed by atoms with van der Waals surface area (Å²) in [5.41, 5.74) is 4.55. The zero-order valence-electron chi connectivity index (χ0n) is 16.8. The number of hydrogen-bond donors (Lipinski definition) is 1. The molecule has 8 heteroatoms. The lowest BCUT2D eigenvalue weighted by atomic mass is 10.1. The van der Waals surface area contributed by atoms with Crippen molar-refractivity contribution >= 4 is 23.3 Å². The Bertz CT molecular complexity index is 1070. The number of benzene rings is 1. The number of rotatable bonds is 5. The second kappa shape index (κ2) is 7.62. The number of fused-ring (bicyclic) bond motifs is 1. The number of amides is 2. The molecular weight excluding hydrogens is 368 g/mol. The highest BCUT2D eigenvalue weighted by atomic mass is 16.2. The van der Waals surface area contributed by atoms with Crippen LogP contribution in [0.4, 0.5) is 5.69 Å². The molecule has 1 saturated heterocycles. The quantitative estimate of drug-likeness (QED) is 0.719. The second-order valence-corrected chi connectivity index (χ2v) is 7.34. The third-order valence-electron chi connectivity index (χ3n) is 5.40. The fourth-order valence-corrected chi connectivity index (χ4v) is 3.74. The van der Waals surface area contributed by atoms with Crippen LogP contribution < -0.4 is 5.32 Å². The van der Waals surface area contributed by atoms with E-state index in [1.807, 2.05) is 34.9 Å². The Morgan fingerprint density at radius 3 is 2.55 bits per heavy atom. The van der Waals surface area contributed by atoms with Gasteiger partial charge >= 0.3 is 0 Å². The molecule has 1 unspecified atom stereocenters. The van der Waals surface area contributed by atoms with E-state index in [4.69, 9.17) is 0 Å². The highest BCUT2D eigenvalue weighted by Crippen LogP contribution is 2.23. The SMILES string of the molecule is CCc1nnc2nc(-c3ccc(NC(=O)C4CC(=O)N(C)C4)cc3)cn2c1CC. The van der Waals surface area contributed by atoms with Gasteiger partial charge in [-0.25, -0.2) is 4.98 Å². The van der Waals surface area contributed by atoms with E-state index in [0.29, 0.717) is 18.0 Å². The number of imidazole rings is 1. The maximum absolute atomic E-state index is 12.4. The molecule has 8 nitrogen and oxygen atoms in total. The lowest BCUT2D eigenvalue weighted by Crippen LogP contribution is -2.25. The maximum Gasteiger partial charge on any atom is 0.254 e. The van der Waals surface area contributed by atoms with Crippen LogP contribution in [-0.2, 0) is 22.4 Å². The molecule has 2 aromatic heterocycles. The first kappa shape index (κ1) is 19.0. The number of nitrogens with zero attached hydrogens (tertiary/aromatic N) is 5. The number of likely N-dealkylation sites (tertiary alicyclic amines) is 1. The highest BCUT2D eigenvalue weighted by Gasteiger charge is 2.32. The van der Waals surface area contributed by atoms with Gasteiger partial charge in [-0.05, 0) is 25.0 Å². The standard InChI is InChI=1S/C21H24N6O2/c1-4-16-18(5-2)27-12-17(23-21(27)25-24-16)13-6-8-15(9-7-13)22-20(29)14-10-19(28)26(3)11-14/h6-9,12,14H,4-5,10-11H2,1-3H3,(H,22,29). The number of hydrogen-bond acceptors (Lipinski definition) is 5. The first-order chi connectivity index (χ1) is 14.0. The third kappa shape index (κ3) is 3.57. The number of anilines is 1. The van der Waals surface area contributed by atoms with Gasteiger partial charge in [0.15, 0.2) is 0 Å². The first-order valence-corrected chi connectivity index (χ1v) is 9.89. The number of aromatic nitrogens is 4. The zero-order valence-corrected chi connectivity index (χ0v) is 16.8. The molecule has 29 heavy (non-hydrogen) atoms. The summed E-state index contributed by atoms with van der Waals surface area (Å²) in [7, 11) is 1.72. The normalized spacial score (nSPS) is 16.6. The van der Waals surface area contributed by atoms with E-state index in [9.17, 15) is 9.59 Å². The number of carbonyl (C=O) groups is 2. The highest BCUT2D eigenvalue weighted by molar-refractivity contribution is 5.97. The molecule has 1 aliphatic heterocycles. The van der Waals surface area contributed by atoms with Gasteiger partial charge in [0.2, 0.25) is 11.8 Å². The van der Waals surface area contributed by atoms with E-state index in [1.165, 1.54) is 0 Å². The third-order valence-corrected chi connectivity index (χ3v) is 5.40. The first-order valence-electron chi connectivity index (χ1n) is 9.89.